The van der Waals surface area contributed by atoms with Crippen molar-refractivity contribution in [3.05, 3.63) is 41.8 Å². The number of ether oxygens (including phenoxy) is 1. The molecule has 0 amide bonds. The highest BCUT2D eigenvalue weighted by Crippen LogP contribution is 2.25. The van der Waals surface area contributed by atoms with E-state index in [-0.39, 0.29) is 12.2 Å². The Labute approximate surface area is 124 Å². The molecule has 112 valence electrons. The van der Waals surface area contributed by atoms with Gasteiger partial charge >= 0.3 is 0 Å². The minimum absolute atomic E-state index is 0.130. The average molecular weight is 287 g/mol. The van der Waals surface area contributed by atoms with Crippen LogP contribution in [-0.4, -0.2) is 22.3 Å². The predicted octanol–water partition coefficient (Wildman–Crippen LogP) is 3.47. The summed E-state index contributed by atoms with van der Waals surface area (Å²) in [6, 6.07) is 9.86. The Bertz CT molecular complexity index is 579. The predicted molar refractivity (Wildman–Crippen MR) is 79.7 cm³/mol. The van der Waals surface area contributed by atoms with E-state index in [1.165, 1.54) is 0 Å². The van der Waals surface area contributed by atoms with Crippen LogP contribution in [0.3, 0.4) is 0 Å². The minimum Gasteiger partial charge on any atom is -0.441 e. The van der Waals surface area contributed by atoms with Crippen LogP contribution >= 0.6 is 0 Å². The number of aromatic nitrogens is 1. The van der Waals surface area contributed by atoms with Crippen molar-refractivity contribution in [2.45, 2.75) is 51.4 Å². The zero-order valence-corrected chi connectivity index (χ0v) is 12.3. The van der Waals surface area contributed by atoms with Crippen molar-refractivity contribution >= 4 is 0 Å². The molecule has 1 heterocycles. The van der Waals surface area contributed by atoms with Crippen molar-refractivity contribution in [3.63, 3.8) is 0 Å². The molecule has 0 spiro atoms. The van der Waals surface area contributed by atoms with E-state index in [4.69, 9.17) is 9.15 Å². The molecule has 4 heteroatoms. The van der Waals surface area contributed by atoms with Gasteiger partial charge in [0.1, 0.15) is 11.5 Å². The smallest absolute Gasteiger partial charge is 0.226 e. The SMILES string of the molecule is Cc1oc(-c2ccccc2)nc1CO[C@H]1CCC[C@@H](O)C1. The molecule has 0 saturated heterocycles. The second kappa shape index (κ2) is 6.41. The van der Waals surface area contributed by atoms with Gasteiger partial charge in [0.25, 0.3) is 0 Å². The first-order chi connectivity index (χ1) is 10.2. The number of hydrogen-bond donors (Lipinski definition) is 1. The van der Waals surface area contributed by atoms with Crippen LogP contribution < -0.4 is 0 Å². The fourth-order valence-electron chi connectivity index (χ4n) is 2.73. The van der Waals surface area contributed by atoms with E-state index >= 15 is 0 Å². The zero-order valence-electron chi connectivity index (χ0n) is 12.3. The standard InChI is InChI=1S/C17H21NO3/c1-12-16(11-20-15-9-5-8-14(19)10-15)18-17(21-12)13-6-3-2-4-7-13/h2-4,6-7,14-15,19H,5,8-11H2,1H3/t14-,15+/m1/s1. The molecule has 1 aromatic heterocycles. The van der Waals surface area contributed by atoms with Crippen molar-refractivity contribution in [1.29, 1.82) is 0 Å². The van der Waals surface area contributed by atoms with Gasteiger partial charge in [0.05, 0.1) is 18.8 Å². The van der Waals surface area contributed by atoms with Crippen LogP contribution in [0.15, 0.2) is 34.7 Å². The molecule has 1 fully saturated rings. The lowest BCUT2D eigenvalue weighted by molar-refractivity contribution is -0.0240. The fraction of sp³-hybridized carbons (Fsp3) is 0.471. The molecule has 1 N–H and O–H groups in total. The van der Waals surface area contributed by atoms with Crippen LogP contribution in [0.25, 0.3) is 11.5 Å². The molecule has 2 aromatic rings. The van der Waals surface area contributed by atoms with Gasteiger partial charge in [0, 0.05) is 5.56 Å². The van der Waals surface area contributed by atoms with Crippen molar-refractivity contribution in [2.24, 2.45) is 0 Å². The minimum atomic E-state index is -0.220. The first-order valence-electron chi connectivity index (χ1n) is 7.54. The Hall–Kier alpha value is -1.65. The lowest BCUT2D eigenvalue weighted by Crippen LogP contribution is -2.25. The van der Waals surface area contributed by atoms with E-state index < -0.39 is 0 Å². The molecule has 0 unspecified atom stereocenters. The van der Waals surface area contributed by atoms with Gasteiger partial charge in [-0.25, -0.2) is 4.98 Å². The van der Waals surface area contributed by atoms with Gasteiger partial charge < -0.3 is 14.3 Å². The first kappa shape index (κ1) is 14.3. The number of rotatable bonds is 4. The molecule has 4 nitrogen and oxygen atoms in total. The van der Waals surface area contributed by atoms with Crippen LogP contribution in [0.2, 0.25) is 0 Å². The number of aliphatic hydroxyl groups excluding tert-OH is 1. The summed E-state index contributed by atoms with van der Waals surface area (Å²) in [5.41, 5.74) is 1.81. The average Bonchev–Trinajstić information content (AvgIpc) is 2.87. The number of oxazole rings is 1. The zero-order chi connectivity index (χ0) is 14.7. The van der Waals surface area contributed by atoms with Crippen molar-refractivity contribution in [2.75, 3.05) is 0 Å². The number of benzene rings is 1. The molecule has 1 saturated carbocycles. The van der Waals surface area contributed by atoms with E-state index in [1.807, 2.05) is 37.3 Å². The third kappa shape index (κ3) is 3.52. The van der Waals surface area contributed by atoms with Crippen LogP contribution in [0.5, 0.6) is 0 Å². The summed E-state index contributed by atoms with van der Waals surface area (Å²) in [6.07, 6.45) is 3.56. The summed E-state index contributed by atoms with van der Waals surface area (Å²) in [7, 11) is 0. The van der Waals surface area contributed by atoms with Gasteiger partial charge in [-0.3, -0.25) is 0 Å². The monoisotopic (exact) mass is 287 g/mol. The molecular weight excluding hydrogens is 266 g/mol. The maximum Gasteiger partial charge on any atom is 0.226 e. The summed E-state index contributed by atoms with van der Waals surface area (Å²) >= 11 is 0. The molecule has 3 rings (SSSR count). The number of hydrogen-bond acceptors (Lipinski definition) is 4. The maximum atomic E-state index is 9.67. The van der Waals surface area contributed by atoms with Gasteiger partial charge in [-0.1, -0.05) is 18.2 Å². The normalized spacial score (nSPS) is 22.4. The van der Waals surface area contributed by atoms with Crippen LogP contribution in [0.4, 0.5) is 0 Å². The number of nitrogens with zero attached hydrogens (tertiary/aromatic N) is 1. The Kier molecular flexibility index (Phi) is 4.36. The first-order valence-corrected chi connectivity index (χ1v) is 7.54. The summed E-state index contributed by atoms with van der Waals surface area (Å²) in [6.45, 7) is 2.35. The second-order valence-corrected chi connectivity index (χ2v) is 5.64. The number of aryl methyl sites for hydroxylation is 1. The van der Waals surface area contributed by atoms with Gasteiger partial charge in [-0.2, -0.15) is 0 Å². The number of aliphatic hydroxyl groups is 1. The van der Waals surface area contributed by atoms with Gasteiger partial charge in [-0.15, -0.1) is 0 Å². The van der Waals surface area contributed by atoms with E-state index in [0.717, 1.165) is 42.7 Å². The topological polar surface area (TPSA) is 55.5 Å². The Morgan fingerprint density at radius 2 is 2.10 bits per heavy atom. The van der Waals surface area contributed by atoms with Gasteiger partial charge in [-0.05, 0) is 44.7 Å². The Morgan fingerprint density at radius 1 is 1.29 bits per heavy atom. The summed E-state index contributed by atoms with van der Waals surface area (Å²) in [5.74, 6) is 1.43. The van der Waals surface area contributed by atoms with Crippen molar-refractivity contribution in [3.8, 4) is 11.5 Å². The van der Waals surface area contributed by atoms with Crippen molar-refractivity contribution < 1.29 is 14.3 Å². The third-order valence-corrected chi connectivity index (χ3v) is 3.97. The van der Waals surface area contributed by atoms with E-state index in [1.54, 1.807) is 0 Å². The van der Waals surface area contributed by atoms with Crippen LogP contribution in [0.1, 0.15) is 37.1 Å². The molecule has 0 aliphatic heterocycles. The molecule has 1 aromatic carbocycles. The summed E-state index contributed by atoms with van der Waals surface area (Å²) in [4.78, 5) is 4.53. The Balaban J connectivity index is 1.65. The second-order valence-electron chi connectivity index (χ2n) is 5.64. The molecule has 1 aliphatic carbocycles. The Morgan fingerprint density at radius 3 is 2.86 bits per heavy atom. The molecule has 21 heavy (non-hydrogen) atoms. The van der Waals surface area contributed by atoms with Crippen LogP contribution in [0, 0.1) is 6.92 Å². The van der Waals surface area contributed by atoms with Gasteiger partial charge in [0.15, 0.2) is 0 Å². The largest absolute Gasteiger partial charge is 0.441 e. The summed E-state index contributed by atoms with van der Waals surface area (Å²) < 4.78 is 11.6. The molecule has 1 aliphatic rings. The fourth-order valence-corrected chi connectivity index (χ4v) is 2.73. The lowest BCUT2D eigenvalue weighted by Gasteiger charge is -2.25. The van der Waals surface area contributed by atoms with E-state index in [2.05, 4.69) is 4.98 Å². The quantitative estimate of drug-likeness (QED) is 0.935. The van der Waals surface area contributed by atoms with E-state index in [9.17, 15) is 5.11 Å². The van der Waals surface area contributed by atoms with Crippen LogP contribution in [-0.2, 0) is 11.3 Å². The highest BCUT2D eigenvalue weighted by Gasteiger charge is 2.21. The molecule has 0 bridgehead atoms. The third-order valence-electron chi connectivity index (χ3n) is 3.97. The highest BCUT2D eigenvalue weighted by molar-refractivity contribution is 5.53. The van der Waals surface area contributed by atoms with Gasteiger partial charge in [0.2, 0.25) is 5.89 Å². The highest BCUT2D eigenvalue weighted by atomic mass is 16.5. The summed E-state index contributed by atoms with van der Waals surface area (Å²) in [5, 5.41) is 9.67. The lowest BCUT2D eigenvalue weighted by atomic mass is 9.95. The molecule has 0 radical (unpaired) electrons. The molecule has 2 atom stereocenters. The van der Waals surface area contributed by atoms with E-state index in [0.29, 0.717) is 12.5 Å². The maximum absolute atomic E-state index is 9.67. The van der Waals surface area contributed by atoms with Crippen molar-refractivity contribution in [1.82, 2.24) is 4.98 Å². The molecular formula is C17H21NO3.